The van der Waals surface area contributed by atoms with E-state index in [0.29, 0.717) is 13.0 Å². The van der Waals surface area contributed by atoms with Crippen molar-refractivity contribution in [3.8, 4) is 0 Å². The highest BCUT2D eigenvalue weighted by Gasteiger charge is 2.45. The van der Waals surface area contributed by atoms with Crippen LogP contribution < -0.4 is 5.32 Å². The lowest BCUT2D eigenvalue weighted by molar-refractivity contribution is -0.137. The molecule has 0 aliphatic rings. The zero-order valence-corrected chi connectivity index (χ0v) is 14.0. The summed E-state index contributed by atoms with van der Waals surface area (Å²) in [4.78, 5) is 10.4. The molecular formula is C12H28N2O5Si. The summed E-state index contributed by atoms with van der Waals surface area (Å²) in [5, 5.41) is 11.8. The number of carboxylic acid groups (broad SMARTS) is 1. The molecule has 0 atom stereocenters. The lowest BCUT2D eigenvalue weighted by Crippen LogP contribution is -2.61. The van der Waals surface area contributed by atoms with E-state index in [0.717, 1.165) is 26.1 Å². The lowest BCUT2D eigenvalue weighted by atomic mass is 10.3. The fraction of sp³-hybridized carbons (Fsp3) is 0.917. The zero-order valence-electron chi connectivity index (χ0n) is 13.0. The van der Waals surface area contributed by atoms with Crippen LogP contribution in [0, 0.1) is 0 Å². The van der Waals surface area contributed by atoms with Gasteiger partial charge in [-0.05, 0) is 25.9 Å². The van der Waals surface area contributed by atoms with Crippen LogP contribution in [0.4, 0.5) is 0 Å². The van der Waals surface area contributed by atoms with Gasteiger partial charge in [-0.25, -0.2) is 0 Å². The van der Waals surface area contributed by atoms with E-state index in [9.17, 15) is 4.79 Å². The van der Waals surface area contributed by atoms with E-state index < -0.39 is 14.9 Å². The van der Waals surface area contributed by atoms with Crippen LogP contribution in [0.5, 0.6) is 0 Å². The number of aliphatic carboxylic acids is 1. The fourth-order valence-electron chi connectivity index (χ4n) is 2.00. The maximum Gasteiger partial charge on any atom is 0.598 e. The van der Waals surface area contributed by atoms with Crippen LogP contribution in [-0.4, -0.2) is 72.1 Å². The molecule has 20 heavy (non-hydrogen) atoms. The summed E-state index contributed by atoms with van der Waals surface area (Å²) in [7, 11) is 2.04. The van der Waals surface area contributed by atoms with Crippen molar-refractivity contribution < 1.29 is 23.2 Å². The van der Waals surface area contributed by atoms with Crippen molar-refractivity contribution >= 4 is 14.9 Å². The van der Waals surface area contributed by atoms with Gasteiger partial charge in [0.15, 0.2) is 0 Å². The van der Waals surface area contributed by atoms with Crippen LogP contribution in [-0.2, 0) is 18.1 Å². The first-order valence-corrected chi connectivity index (χ1v) is 8.56. The number of rotatable bonds is 13. The first-order valence-electron chi connectivity index (χ1n) is 6.89. The molecule has 0 aromatic heterocycles. The summed E-state index contributed by atoms with van der Waals surface area (Å²) in [6, 6.07) is 0. The summed E-state index contributed by atoms with van der Waals surface area (Å²) >= 11 is 0. The van der Waals surface area contributed by atoms with Gasteiger partial charge in [0.2, 0.25) is 0 Å². The molecule has 0 fully saturated rings. The van der Waals surface area contributed by atoms with Crippen LogP contribution in [0.2, 0.25) is 0 Å². The van der Waals surface area contributed by atoms with Gasteiger partial charge >= 0.3 is 14.9 Å². The summed E-state index contributed by atoms with van der Waals surface area (Å²) < 4.78 is 18.5. The minimum Gasteiger partial charge on any atom is -0.481 e. The summed E-state index contributed by atoms with van der Waals surface area (Å²) in [6.45, 7) is 5.09. The number of hydrogen-bond donors (Lipinski definition) is 2. The normalized spacial score (nSPS) is 12.1. The van der Waals surface area contributed by atoms with Gasteiger partial charge in [0.1, 0.15) is 0 Å². The molecule has 0 saturated heterocycles. The van der Waals surface area contributed by atoms with Crippen molar-refractivity contribution in [2.24, 2.45) is 0 Å². The van der Waals surface area contributed by atoms with Gasteiger partial charge in [-0.3, -0.25) is 9.36 Å². The molecule has 0 aromatic rings. The number of nitrogens with one attached hydrogen (secondary N) is 1. The summed E-state index contributed by atoms with van der Waals surface area (Å²) in [5.41, 5.74) is 0. The molecule has 120 valence electrons. The second kappa shape index (κ2) is 11.2. The standard InChI is InChI=1S/C12H28N2O5Si/c1-5-10-14(20(17-2,18-3)19-4)11-9-13-8-6-7-12(15)16/h13H,5-11H2,1-4H3,(H,15,16). The first-order chi connectivity index (χ1) is 9.56. The Kier molecular flexibility index (Phi) is 10.9. The topological polar surface area (TPSA) is 80.3 Å². The van der Waals surface area contributed by atoms with Crippen molar-refractivity contribution in [2.45, 2.75) is 26.2 Å². The van der Waals surface area contributed by atoms with Crippen molar-refractivity contribution in [2.75, 3.05) is 47.5 Å². The molecule has 0 bridgehead atoms. The van der Waals surface area contributed by atoms with E-state index in [2.05, 4.69) is 16.8 Å². The third kappa shape index (κ3) is 6.78. The molecule has 0 aliphatic heterocycles. The summed E-state index contributed by atoms with van der Waals surface area (Å²) in [5.74, 6) is -0.760. The second-order valence-electron chi connectivity index (χ2n) is 4.37. The van der Waals surface area contributed by atoms with Gasteiger partial charge in [0.05, 0.1) is 0 Å². The number of carbonyl (C=O) groups is 1. The molecule has 0 aromatic carbocycles. The van der Waals surface area contributed by atoms with Crippen LogP contribution in [0.3, 0.4) is 0 Å². The minimum absolute atomic E-state index is 0.193. The Morgan fingerprint density at radius 3 is 2.20 bits per heavy atom. The van der Waals surface area contributed by atoms with E-state index in [-0.39, 0.29) is 6.42 Å². The molecular weight excluding hydrogens is 280 g/mol. The predicted molar refractivity (Wildman–Crippen MR) is 78.4 cm³/mol. The van der Waals surface area contributed by atoms with Crippen molar-refractivity contribution in [1.29, 1.82) is 0 Å². The van der Waals surface area contributed by atoms with Gasteiger partial charge < -0.3 is 23.7 Å². The fourth-order valence-corrected chi connectivity index (χ4v) is 4.15. The van der Waals surface area contributed by atoms with Crippen LogP contribution in [0.15, 0.2) is 0 Å². The highest BCUT2D eigenvalue weighted by atomic mass is 28.4. The highest BCUT2D eigenvalue weighted by Crippen LogP contribution is 2.13. The van der Waals surface area contributed by atoms with E-state index in [1.54, 1.807) is 21.3 Å². The third-order valence-electron chi connectivity index (χ3n) is 2.96. The monoisotopic (exact) mass is 308 g/mol. The Morgan fingerprint density at radius 1 is 1.15 bits per heavy atom. The number of hydrogen-bond acceptors (Lipinski definition) is 6. The molecule has 8 heteroatoms. The second-order valence-corrected chi connectivity index (χ2v) is 7.28. The number of nitrogens with zero attached hydrogens (tertiary/aromatic N) is 1. The molecule has 0 heterocycles. The maximum atomic E-state index is 10.4. The average Bonchev–Trinajstić information content (AvgIpc) is 2.44. The predicted octanol–water partition coefficient (Wildman–Crippen LogP) is 0.528. The highest BCUT2D eigenvalue weighted by molar-refractivity contribution is 6.57. The largest absolute Gasteiger partial charge is 0.598 e. The molecule has 0 amide bonds. The van der Waals surface area contributed by atoms with Crippen molar-refractivity contribution in [3.05, 3.63) is 0 Å². The Bertz CT molecular complexity index is 256. The van der Waals surface area contributed by atoms with E-state index in [4.69, 9.17) is 18.4 Å². The maximum absolute atomic E-state index is 10.4. The van der Waals surface area contributed by atoms with Gasteiger partial charge in [0.25, 0.3) is 0 Å². The minimum atomic E-state index is -2.75. The van der Waals surface area contributed by atoms with E-state index >= 15 is 0 Å². The zero-order chi connectivity index (χ0) is 15.4. The molecule has 0 unspecified atom stereocenters. The van der Waals surface area contributed by atoms with E-state index in [1.165, 1.54) is 0 Å². The molecule has 2 N–H and O–H groups in total. The molecule has 0 aliphatic carbocycles. The molecule has 0 rings (SSSR count). The lowest BCUT2D eigenvalue weighted by Gasteiger charge is -2.35. The van der Waals surface area contributed by atoms with Gasteiger partial charge in [-0.1, -0.05) is 6.92 Å². The summed E-state index contributed by atoms with van der Waals surface area (Å²) in [6.07, 6.45) is 1.80. The molecule has 0 saturated carbocycles. The molecule has 7 nitrogen and oxygen atoms in total. The Balaban J connectivity index is 4.16. The third-order valence-corrected chi connectivity index (χ3v) is 5.73. The molecule has 0 spiro atoms. The van der Waals surface area contributed by atoms with Gasteiger partial charge in [0, 0.05) is 40.8 Å². The first kappa shape index (κ1) is 19.5. The van der Waals surface area contributed by atoms with E-state index in [1.807, 2.05) is 0 Å². The average molecular weight is 308 g/mol. The van der Waals surface area contributed by atoms with Gasteiger partial charge in [-0.15, -0.1) is 0 Å². The molecule has 0 radical (unpaired) electrons. The van der Waals surface area contributed by atoms with Gasteiger partial charge in [-0.2, -0.15) is 0 Å². The van der Waals surface area contributed by atoms with Crippen LogP contribution in [0.1, 0.15) is 26.2 Å². The van der Waals surface area contributed by atoms with Crippen molar-refractivity contribution in [1.82, 2.24) is 9.88 Å². The number of carboxylic acids is 1. The Morgan fingerprint density at radius 2 is 1.75 bits per heavy atom. The quantitative estimate of drug-likeness (QED) is 0.379. The smallest absolute Gasteiger partial charge is 0.481 e. The Labute approximate surface area is 122 Å². The SMILES string of the molecule is CCCN(CCNCCCC(=O)O)[Si](OC)(OC)OC. The van der Waals surface area contributed by atoms with Crippen molar-refractivity contribution in [3.63, 3.8) is 0 Å². The van der Waals surface area contributed by atoms with Crippen LogP contribution in [0.25, 0.3) is 0 Å². The Hall–Kier alpha value is -0.513. The van der Waals surface area contributed by atoms with Crippen LogP contribution >= 0.6 is 0 Å².